The summed E-state index contributed by atoms with van der Waals surface area (Å²) in [4.78, 5) is 0. The molecule has 3 rings (SSSR count). The van der Waals surface area contributed by atoms with E-state index in [1.807, 2.05) is 30.3 Å². The van der Waals surface area contributed by atoms with Crippen molar-refractivity contribution in [2.24, 2.45) is 0 Å². The standard InChI is InChI=1S/C8H6O2/c1-2-4-6(5-3-1)8-7(9-8)10-8/h1-5,7H. The molecule has 1 aromatic carbocycles. The van der Waals surface area contributed by atoms with Gasteiger partial charge in [-0.3, -0.25) is 0 Å². The highest BCUT2D eigenvalue weighted by atomic mass is 17.0. The number of epoxide rings is 2. The number of ether oxygens (including phenoxy) is 2. The van der Waals surface area contributed by atoms with Crippen molar-refractivity contribution in [1.82, 2.24) is 0 Å². The van der Waals surface area contributed by atoms with Gasteiger partial charge in [-0.1, -0.05) is 30.3 Å². The van der Waals surface area contributed by atoms with Crippen LogP contribution in [0.5, 0.6) is 0 Å². The quantitative estimate of drug-likeness (QED) is 0.539. The average molecular weight is 134 g/mol. The first-order valence-electron chi connectivity index (χ1n) is 3.33. The van der Waals surface area contributed by atoms with Crippen LogP contribution in [0.3, 0.4) is 0 Å². The fourth-order valence-electron chi connectivity index (χ4n) is 1.20. The fourth-order valence-corrected chi connectivity index (χ4v) is 1.20. The minimum atomic E-state index is -0.290. The third-order valence-corrected chi connectivity index (χ3v) is 1.94. The van der Waals surface area contributed by atoms with Gasteiger partial charge in [0.1, 0.15) is 0 Å². The largest absolute Gasteiger partial charge is 0.306 e. The third kappa shape index (κ3) is 0.426. The molecule has 0 aliphatic carbocycles. The lowest BCUT2D eigenvalue weighted by Crippen LogP contribution is -1.95. The summed E-state index contributed by atoms with van der Waals surface area (Å²) >= 11 is 0. The zero-order valence-corrected chi connectivity index (χ0v) is 5.28. The number of benzene rings is 1. The van der Waals surface area contributed by atoms with E-state index in [-0.39, 0.29) is 12.1 Å². The van der Waals surface area contributed by atoms with Crippen LogP contribution in [0.4, 0.5) is 0 Å². The van der Waals surface area contributed by atoms with Crippen molar-refractivity contribution < 1.29 is 9.47 Å². The fraction of sp³-hybridized carbons (Fsp3) is 0.250. The first-order chi connectivity index (χ1) is 4.92. The van der Waals surface area contributed by atoms with E-state index in [4.69, 9.17) is 9.47 Å². The van der Waals surface area contributed by atoms with Gasteiger partial charge in [0.25, 0.3) is 5.79 Å². The van der Waals surface area contributed by atoms with Crippen LogP contribution in [0.2, 0.25) is 0 Å². The van der Waals surface area contributed by atoms with Crippen LogP contribution in [-0.4, -0.2) is 6.29 Å². The minimum absolute atomic E-state index is 0.0786. The maximum atomic E-state index is 5.16. The second kappa shape index (κ2) is 1.26. The molecule has 0 unspecified atom stereocenters. The van der Waals surface area contributed by atoms with E-state index >= 15 is 0 Å². The molecular weight excluding hydrogens is 128 g/mol. The van der Waals surface area contributed by atoms with E-state index in [2.05, 4.69) is 0 Å². The zero-order valence-electron chi connectivity index (χ0n) is 5.28. The maximum Gasteiger partial charge on any atom is 0.253 e. The van der Waals surface area contributed by atoms with E-state index in [0.717, 1.165) is 5.56 Å². The molecule has 50 valence electrons. The smallest absolute Gasteiger partial charge is 0.253 e. The molecule has 2 heteroatoms. The van der Waals surface area contributed by atoms with E-state index < -0.39 is 0 Å². The molecule has 2 fully saturated rings. The molecule has 0 aromatic heterocycles. The van der Waals surface area contributed by atoms with Crippen molar-refractivity contribution >= 4 is 0 Å². The first kappa shape index (κ1) is 4.88. The molecule has 2 aliphatic rings. The molecule has 0 radical (unpaired) electrons. The second-order valence-corrected chi connectivity index (χ2v) is 2.60. The van der Waals surface area contributed by atoms with Crippen LogP contribution in [0, 0.1) is 0 Å². The van der Waals surface area contributed by atoms with E-state index in [0.29, 0.717) is 0 Å². The van der Waals surface area contributed by atoms with Gasteiger partial charge in [-0.15, -0.1) is 0 Å². The van der Waals surface area contributed by atoms with Crippen molar-refractivity contribution in [3.05, 3.63) is 35.9 Å². The Morgan fingerprint density at radius 2 is 1.70 bits per heavy atom. The Labute approximate surface area is 58.4 Å². The van der Waals surface area contributed by atoms with Crippen LogP contribution >= 0.6 is 0 Å². The Morgan fingerprint density at radius 3 is 2.20 bits per heavy atom. The summed E-state index contributed by atoms with van der Waals surface area (Å²) < 4.78 is 10.3. The summed E-state index contributed by atoms with van der Waals surface area (Å²) in [5.74, 6) is -0.290. The number of hydrogen-bond acceptors (Lipinski definition) is 2. The summed E-state index contributed by atoms with van der Waals surface area (Å²) in [6.45, 7) is 0. The summed E-state index contributed by atoms with van der Waals surface area (Å²) in [5.41, 5.74) is 1.14. The Bertz CT molecular complexity index is 262. The summed E-state index contributed by atoms with van der Waals surface area (Å²) in [6, 6.07) is 10.0. The number of rotatable bonds is 1. The van der Waals surface area contributed by atoms with Gasteiger partial charge >= 0.3 is 0 Å². The van der Waals surface area contributed by atoms with Crippen molar-refractivity contribution in [2.45, 2.75) is 12.1 Å². The van der Waals surface area contributed by atoms with Crippen molar-refractivity contribution in [3.63, 3.8) is 0 Å². The maximum absolute atomic E-state index is 5.16. The second-order valence-electron chi connectivity index (χ2n) is 2.60. The van der Waals surface area contributed by atoms with Crippen LogP contribution in [0.1, 0.15) is 5.56 Å². The Hall–Kier alpha value is -0.860. The molecule has 0 atom stereocenters. The number of fused-ring (bicyclic) bond motifs is 1. The summed E-state index contributed by atoms with van der Waals surface area (Å²) in [7, 11) is 0. The molecule has 0 bridgehead atoms. The summed E-state index contributed by atoms with van der Waals surface area (Å²) in [5, 5.41) is 0. The number of hydrogen-bond donors (Lipinski definition) is 0. The van der Waals surface area contributed by atoms with E-state index in [1.54, 1.807) is 0 Å². The first-order valence-corrected chi connectivity index (χ1v) is 3.33. The molecule has 0 N–H and O–H groups in total. The van der Waals surface area contributed by atoms with Gasteiger partial charge in [-0.05, 0) is 0 Å². The predicted molar refractivity (Wildman–Crippen MR) is 34.1 cm³/mol. The van der Waals surface area contributed by atoms with Gasteiger partial charge in [0, 0.05) is 5.56 Å². The SMILES string of the molecule is c1ccc(C23OC2O3)cc1. The Morgan fingerprint density at radius 1 is 1.10 bits per heavy atom. The normalized spacial score (nSPS) is 40.6. The van der Waals surface area contributed by atoms with Gasteiger partial charge < -0.3 is 9.47 Å². The highest BCUT2D eigenvalue weighted by Crippen LogP contribution is 2.63. The lowest BCUT2D eigenvalue weighted by molar-refractivity contribution is -0.0530. The van der Waals surface area contributed by atoms with Crippen LogP contribution in [0.25, 0.3) is 0 Å². The van der Waals surface area contributed by atoms with E-state index in [1.165, 1.54) is 0 Å². The average Bonchev–Trinajstić information content (AvgIpc) is 2.74. The zero-order chi connectivity index (χ0) is 6.60. The molecule has 0 saturated carbocycles. The highest BCUT2D eigenvalue weighted by Gasteiger charge is 2.78. The van der Waals surface area contributed by atoms with Crippen LogP contribution in [0.15, 0.2) is 30.3 Å². The minimum Gasteiger partial charge on any atom is -0.306 e. The van der Waals surface area contributed by atoms with Gasteiger partial charge in [0.2, 0.25) is 6.29 Å². The Kier molecular flexibility index (Phi) is 0.615. The molecule has 2 heterocycles. The van der Waals surface area contributed by atoms with Gasteiger partial charge in [-0.25, -0.2) is 0 Å². The van der Waals surface area contributed by atoms with Crippen molar-refractivity contribution in [3.8, 4) is 0 Å². The van der Waals surface area contributed by atoms with Crippen LogP contribution in [-0.2, 0) is 15.3 Å². The molecule has 2 aliphatic heterocycles. The summed E-state index contributed by atoms with van der Waals surface area (Å²) in [6.07, 6.45) is 0.0786. The predicted octanol–water partition coefficient (Wildman–Crippen LogP) is 1.23. The molecule has 10 heavy (non-hydrogen) atoms. The lowest BCUT2D eigenvalue weighted by Gasteiger charge is -1.97. The van der Waals surface area contributed by atoms with Gasteiger partial charge in [-0.2, -0.15) is 0 Å². The third-order valence-electron chi connectivity index (χ3n) is 1.94. The molecule has 2 saturated heterocycles. The van der Waals surface area contributed by atoms with Gasteiger partial charge in [0.05, 0.1) is 0 Å². The van der Waals surface area contributed by atoms with Crippen molar-refractivity contribution in [2.75, 3.05) is 0 Å². The molecule has 0 spiro atoms. The monoisotopic (exact) mass is 134 g/mol. The molecule has 1 aromatic rings. The van der Waals surface area contributed by atoms with Crippen molar-refractivity contribution in [1.29, 1.82) is 0 Å². The Balaban J connectivity index is 2.07. The molecule has 0 amide bonds. The van der Waals surface area contributed by atoms with Gasteiger partial charge in [0.15, 0.2) is 0 Å². The lowest BCUT2D eigenvalue weighted by atomic mass is 10.2. The van der Waals surface area contributed by atoms with E-state index in [9.17, 15) is 0 Å². The molecule has 2 nitrogen and oxygen atoms in total. The molecular formula is C8H6O2. The van der Waals surface area contributed by atoms with Crippen LogP contribution < -0.4 is 0 Å². The highest BCUT2D eigenvalue weighted by molar-refractivity contribution is 5.30. The topological polar surface area (TPSA) is 25.1 Å².